The summed E-state index contributed by atoms with van der Waals surface area (Å²) in [6.45, 7) is 3.87. The molecule has 0 radical (unpaired) electrons. The van der Waals surface area contributed by atoms with Crippen LogP contribution >= 0.6 is 0 Å². The number of rotatable bonds is 56. The van der Waals surface area contributed by atoms with Gasteiger partial charge in [0, 0.05) is 6.42 Å². The van der Waals surface area contributed by atoms with Gasteiger partial charge in [0.2, 0.25) is 5.91 Å². The molecule has 0 aromatic rings. The molecule has 1 fully saturated rings. The highest BCUT2D eigenvalue weighted by Crippen LogP contribution is 2.24. The van der Waals surface area contributed by atoms with Gasteiger partial charge in [0.1, 0.15) is 24.4 Å². The molecule has 428 valence electrons. The molecule has 9 nitrogen and oxygen atoms in total. The molecule has 0 aromatic carbocycles. The third-order valence-corrected chi connectivity index (χ3v) is 15.6. The number of allylic oxidation sites excluding steroid dienone is 2. The Morgan fingerprint density at radius 3 is 1.12 bits per heavy atom. The van der Waals surface area contributed by atoms with Gasteiger partial charge in [-0.1, -0.05) is 296 Å². The molecule has 0 aliphatic carbocycles. The molecule has 0 bridgehead atoms. The van der Waals surface area contributed by atoms with Crippen LogP contribution in [0.4, 0.5) is 0 Å². The van der Waals surface area contributed by atoms with Crippen molar-refractivity contribution in [2.24, 2.45) is 0 Å². The normalized spacial score (nSPS) is 19.1. The molecule has 72 heavy (non-hydrogen) atoms. The maximum absolute atomic E-state index is 13.1. The summed E-state index contributed by atoms with van der Waals surface area (Å²) in [7, 11) is 0. The van der Waals surface area contributed by atoms with Gasteiger partial charge in [-0.3, -0.25) is 4.79 Å². The van der Waals surface area contributed by atoms with E-state index in [-0.39, 0.29) is 12.5 Å². The van der Waals surface area contributed by atoms with E-state index in [0.29, 0.717) is 12.8 Å². The second kappa shape index (κ2) is 53.3. The van der Waals surface area contributed by atoms with Crippen molar-refractivity contribution in [3.05, 3.63) is 12.2 Å². The summed E-state index contributed by atoms with van der Waals surface area (Å²) in [4.78, 5) is 13.1. The number of carbonyl (C=O) groups is 1. The summed E-state index contributed by atoms with van der Waals surface area (Å²) in [6, 6.07) is -0.719. The van der Waals surface area contributed by atoms with E-state index in [9.17, 15) is 30.3 Å². The van der Waals surface area contributed by atoms with E-state index >= 15 is 0 Å². The topological polar surface area (TPSA) is 149 Å². The van der Waals surface area contributed by atoms with Crippen molar-refractivity contribution in [2.45, 2.75) is 371 Å². The van der Waals surface area contributed by atoms with Crippen LogP contribution in [0.3, 0.4) is 0 Å². The molecule has 1 amide bonds. The summed E-state index contributed by atoms with van der Waals surface area (Å²) in [6.07, 6.45) is 59.8. The van der Waals surface area contributed by atoms with Crippen LogP contribution in [0, 0.1) is 0 Å². The number of aliphatic hydroxyl groups is 5. The minimum atomic E-state index is -1.55. The zero-order valence-electron chi connectivity index (χ0n) is 47.7. The number of aliphatic hydroxyl groups excluding tert-OH is 5. The van der Waals surface area contributed by atoms with E-state index in [1.165, 1.54) is 263 Å². The molecule has 9 heteroatoms. The van der Waals surface area contributed by atoms with Crippen molar-refractivity contribution in [1.29, 1.82) is 0 Å². The molecule has 6 N–H and O–H groups in total. The number of amides is 1. The first-order valence-corrected chi connectivity index (χ1v) is 31.9. The van der Waals surface area contributed by atoms with E-state index in [0.717, 1.165) is 38.5 Å². The van der Waals surface area contributed by atoms with Gasteiger partial charge < -0.3 is 40.3 Å². The number of hydrogen-bond acceptors (Lipinski definition) is 8. The van der Waals surface area contributed by atoms with Crippen molar-refractivity contribution in [3.63, 3.8) is 0 Å². The van der Waals surface area contributed by atoms with Gasteiger partial charge in [0.05, 0.1) is 25.4 Å². The highest BCUT2D eigenvalue weighted by Gasteiger charge is 2.44. The monoisotopic (exact) mass is 1020 g/mol. The molecule has 1 saturated heterocycles. The maximum atomic E-state index is 13.1. The smallest absolute Gasteiger partial charge is 0.220 e. The number of hydrogen-bond donors (Lipinski definition) is 6. The van der Waals surface area contributed by atoms with Crippen molar-refractivity contribution < 1.29 is 39.8 Å². The average Bonchev–Trinajstić information content (AvgIpc) is 3.38. The second-order valence-corrected chi connectivity index (χ2v) is 22.6. The molecule has 7 unspecified atom stereocenters. The van der Waals surface area contributed by atoms with Gasteiger partial charge in [-0.2, -0.15) is 0 Å². The summed E-state index contributed by atoms with van der Waals surface area (Å²) in [5, 5.41) is 54.8. The van der Waals surface area contributed by atoms with Crippen molar-refractivity contribution in [1.82, 2.24) is 5.32 Å². The van der Waals surface area contributed by atoms with Crippen molar-refractivity contribution in [3.8, 4) is 0 Å². The first-order valence-electron chi connectivity index (χ1n) is 31.9. The van der Waals surface area contributed by atoms with Gasteiger partial charge in [-0.05, 0) is 38.5 Å². The standard InChI is InChI=1S/C63H123NO8/c1-3-5-7-9-11-13-15-17-19-21-22-23-24-25-26-27-28-29-30-31-32-33-34-35-37-38-40-42-44-46-48-50-52-57(66)56(55-71-63-62(70)61(69)60(68)58(54-65)72-63)64-59(67)53-51-49-47-45-43-41-39-36-20-18-16-14-12-10-8-6-4-2/h18,20,56-58,60-63,65-66,68-70H,3-17,19,21-55H2,1-2H3,(H,64,67)/b20-18-. The lowest BCUT2D eigenvalue weighted by molar-refractivity contribution is -0.302. The van der Waals surface area contributed by atoms with Crippen LogP contribution < -0.4 is 5.32 Å². The Kier molecular flexibility index (Phi) is 51.1. The molecule has 7 atom stereocenters. The average molecular weight is 1020 g/mol. The molecular formula is C63H123NO8. The largest absolute Gasteiger partial charge is 0.394 e. The van der Waals surface area contributed by atoms with Crippen LogP contribution in [0.15, 0.2) is 12.2 Å². The fourth-order valence-electron chi connectivity index (χ4n) is 10.6. The Morgan fingerprint density at radius 1 is 0.458 bits per heavy atom. The quantitative estimate of drug-likeness (QED) is 0.0261. The van der Waals surface area contributed by atoms with Crippen molar-refractivity contribution in [2.75, 3.05) is 13.2 Å². The van der Waals surface area contributed by atoms with E-state index < -0.39 is 49.5 Å². The van der Waals surface area contributed by atoms with Gasteiger partial charge in [-0.15, -0.1) is 0 Å². The van der Waals surface area contributed by atoms with Crippen LogP contribution in [0.1, 0.15) is 328 Å². The molecule has 1 aliphatic rings. The zero-order chi connectivity index (χ0) is 52.2. The van der Waals surface area contributed by atoms with E-state index in [4.69, 9.17) is 9.47 Å². The lowest BCUT2D eigenvalue weighted by atomic mass is 9.99. The highest BCUT2D eigenvalue weighted by molar-refractivity contribution is 5.76. The van der Waals surface area contributed by atoms with E-state index in [1.807, 2.05) is 0 Å². The Labute approximate surface area is 446 Å². The number of ether oxygens (including phenoxy) is 2. The molecule has 0 saturated carbocycles. The number of carbonyl (C=O) groups excluding carboxylic acids is 1. The molecule has 0 aromatic heterocycles. The Hall–Kier alpha value is -1.07. The lowest BCUT2D eigenvalue weighted by Gasteiger charge is -2.40. The molecular weight excluding hydrogens is 899 g/mol. The first kappa shape index (κ1) is 68.9. The van der Waals surface area contributed by atoms with Gasteiger partial charge in [0.15, 0.2) is 6.29 Å². The first-order chi connectivity index (χ1) is 35.3. The molecule has 1 aliphatic heterocycles. The van der Waals surface area contributed by atoms with Crippen LogP contribution in [-0.4, -0.2) is 87.5 Å². The summed E-state index contributed by atoms with van der Waals surface area (Å²) < 4.78 is 11.3. The van der Waals surface area contributed by atoms with Crippen LogP contribution in [-0.2, 0) is 14.3 Å². The number of nitrogens with one attached hydrogen (secondary N) is 1. The second-order valence-electron chi connectivity index (χ2n) is 22.6. The third kappa shape index (κ3) is 42.1. The third-order valence-electron chi connectivity index (χ3n) is 15.6. The molecule has 1 heterocycles. The maximum Gasteiger partial charge on any atom is 0.220 e. The van der Waals surface area contributed by atoms with Crippen molar-refractivity contribution >= 4 is 5.91 Å². The van der Waals surface area contributed by atoms with Gasteiger partial charge in [-0.25, -0.2) is 0 Å². The summed E-state index contributed by atoms with van der Waals surface area (Å²) in [5.41, 5.74) is 0. The minimum absolute atomic E-state index is 0.135. The van der Waals surface area contributed by atoms with E-state index in [1.54, 1.807) is 0 Å². The SMILES string of the molecule is CCCCCCCC/C=C\CCCCCCCCCC(=O)NC(COC1OC(CO)C(O)C(O)C1O)C(O)CCCCCCCCCCCCCCCCCCCCCCCCCCCCCCCCCC. The lowest BCUT2D eigenvalue weighted by Crippen LogP contribution is -2.60. The van der Waals surface area contributed by atoms with Crippen LogP contribution in [0.25, 0.3) is 0 Å². The Morgan fingerprint density at radius 2 is 0.778 bits per heavy atom. The Bertz CT molecular complexity index is 1140. The predicted molar refractivity (Wildman–Crippen MR) is 304 cm³/mol. The predicted octanol–water partition coefficient (Wildman–Crippen LogP) is 16.4. The highest BCUT2D eigenvalue weighted by atomic mass is 16.7. The summed E-state index contributed by atoms with van der Waals surface area (Å²) >= 11 is 0. The van der Waals surface area contributed by atoms with Crippen LogP contribution in [0.2, 0.25) is 0 Å². The molecule has 0 spiro atoms. The summed E-state index contributed by atoms with van der Waals surface area (Å²) in [5.74, 6) is -0.143. The fraction of sp³-hybridized carbons (Fsp3) is 0.952. The zero-order valence-corrected chi connectivity index (χ0v) is 47.7. The number of unbranched alkanes of at least 4 members (excludes halogenated alkanes) is 44. The molecule has 1 rings (SSSR count). The fourth-order valence-corrected chi connectivity index (χ4v) is 10.6. The van der Waals surface area contributed by atoms with Gasteiger partial charge in [0.25, 0.3) is 0 Å². The van der Waals surface area contributed by atoms with Gasteiger partial charge >= 0.3 is 0 Å². The minimum Gasteiger partial charge on any atom is -0.394 e. The van der Waals surface area contributed by atoms with Crippen LogP contribution in [0.5, 0.6) is 0 Å². The van der Waals surface area contributed by atoms with E-state index in [2.05, 4.69) is 31.3 Å². The Balaban J connectivity index is 2.10.